The normalized spacial score (nSPS) is 12.8. The molecule has 0 fully saturated rings. The van der Waals surface area contributed by atoms with Gasteiger partial charge in [-0.2, -0.15) is 0 Å². The molecule has 4 heterocycles. The molecule has 6 bridgehead atoms. The minimum Gasteiger partial charge on any atom is -0.323 e. The first-order valence-corrected chi connectivity index (χ1v) is 18.2. The van der Waals surface area contributed by atoms with Crippen molar-refractivity contribution in [1.82, 2.24) is 29.9 Å². The van der Waals surface area contributed by atoms with Crippen LogP contribution in [0.5, 0.6) is 0 Å². The van der Waals surface area contributed by atoms with Crippen molar-refractivity contribution in [2.24, 2.45) is 0 Å². The molecule has 3 aromatic rings. The van der Waals surface area contributed by atoms with Crippen molar-refractivity contribution in [1.29, 1.82) is 0 Å². The summed E-state index contributed by atoms with van der Waals surface area (Å²) in [7, 11) is 0. The molecule has 0 radical (unpaired) electrons. The molecule has 3 aromatic heterocycles. The van der Waals surface area contributed by atoms with Gasteiger partial charge in [0.25, 0.3) is 0 Å². The van der Waals surface area contributed by atoms with E-state index in [9.17, 15) is 0 Å². The van der Waals surface area contributed by atoms with Crippen molar-refractivity contribution in [3.05, 3.63) is 11.6 Å². The van der Waals surface area contributed by atoms with Crippen LogP contribution in [0.1, 0.15) is 53.2 Å². The Morgan fingerprint density at radius 1 is 0.417 bits per heavy atom. The topological polar surface area (TPSA) is 83.1 Å². The molecule has 0 aliphatic carbocycles. The molecule has 194 valence electrons. The first kappa shape index (κ1) is 28.4. The zero-order valence-electron chi connectivity index (χ0n) is 21.5. The summed E-state index contributed by atoms with van der Waals surface area (Å²) in [5.41, 5.74) is 3.39. The van der Waals surface area contributed by atoms with Crippen molar-refractivity contribution in [3.8, 4) is 0 Å². The SMILES string of the molecule is CCSC1=C(SCC)c2nc1nc1[nH]c(nc3[nH]c(n2)c(SCC)c3SCC)c(SCC)c1SCC. The number of fused-ring (bicyclic) bond motifs is 6. The van der Waals surface area contributed by atoms with Gasteiger partial charge < -0.3 is 9.97 Å². The Hall–Kier alpha value is -0.660. The zero-order chi connectivity index (χ0) is 25.7. The highest BCUT2D eigenvalue weighted by molar-refractivity contribution is 8.13. The van der Waals surface area contributed by atoms with Gasteiger partial charge >= 0.3 is 0 Å². The summed E-state index contributed by atoms with van der Waals surface area (Å²) >= 11 is 10.8. The second-order valence-electron chi connectivity index (χ2n) is 7.31. The second kappa shape index (κ2) is 13.4. The van der Waals surface area contributed by atoms with E-state index in [0.717, 1.165) is 98.1 Å². The molecule has 0 saturated carbocycles. The molecule has 0 saturated heterocycles. The fourth-order valence-corrected chi connectivity index (χ4v) is 9.26. The van der Waals surface area contributed by atoms with Gasteiger partial charge in [-0.25, -0.2) is 19.9 Å². The van der Waals surface area contributed by atoms with Crippen molar-refractivity contribution in [3.63, 3.8) is 0 Å². The van der Waals surface area contributed by atoms with Crippen molar-refractivity contribution in [2.75, 3.05) is 34.5 Å². The van der Waals surface area contributed by atoms with Crippen LogP contribution in [0, 0.1) is 0 Å². The molecule has 0 amide bonds. The van der Waals surface area contributed by atoms with E-state index in [0.29, 0.717) is 0 Å². The summed E-state index contributed by atoms with van der Waals surface area (Å²) in [6.45, 7) is 13.1. The number of nitrogens with zero attached hydrogens (tertiary/aromatic N) is 4. The van der Waals surface area contributed by atoms with Crippen LogP contribution in [-0.4, -0.2) is 64.4 Å². The third-order valence-electron chi connectivity index (χ3n) is 4.96. The highest BCUT2D eigenvalue weighted by Gasteiger charge is 2.25. The molecule has 0 aromatic carbocycles. The fourth-order valence-electron chi connectivity index (χ4n) is 3.74. The van der Waals surface area contributed by atoms with Crippen LogP contribution in [-0.2, 0) is 0 Å². The number of aromatic amines is 2. The van der Waals surface area contributed by atoms with E-state index < -0.39 is 0 Å². The lowest BCUT2D eigenvalue weighted by Crippen LogP contribution is -1.88. The molecule has 6 nitrogen and oxygen atoms in total. The number of hydrogen-bond acceptors (Lipinski definition) is 10. The summed E-state index contributed by atoms with van der Waals surface area (Å²) in [5, 5.41) is 0. The molecule has 0 unspecified atom stereocenters. The lowest BCUT2D eigenvalue weighted by molar-refractivity contribution is 1.11. The van der Waals surface area contributed by atoms with Crippen LogP contribution in [0.4, 0.5) is 0 Å². The van der Waals surface area contributed by atoms with Gasteiger partial charge in [-0.3, -0.25) is 0 Å². The van der Waals surface area contributed by atoms with Crippen molar-refractivity contribution >= 4 is 103 Å². The molecule has 12 heteroatoms. The number of thioether (sulfide) groups is 6. The average Bonchev–Trinajstić information content (AvgIpc) is 3.45. The number of aromatic nitrogens is 6. The monoisotopic (exact) mass is 596 g/mol. The Kier molecular flexibility index (Phi) is 10.6. The average molecular weight is 597 g/mol. The van der Waals surface area contributed by atoms with Gasteiger partial charge in [0.1, 0.15) is 22.6 Å². The highest BCUT2D eigenvalue weighted by atomic mass is 32.2. The molecule has 1 aliphatic rings. The Labute approximate surface area is 238 Å². The van der Waals surface area contributed by atoms with Crippen LogP contribution >= 0.6 is 70.6 Å². The van der Waals surface area contributed by atoms with E-state index in [2.05, 4.69) is 51.5 Å². The van der Waals surface area contributed by atoms with Crippen LogP contribution in [0.3, 0.4) is 0 Å². The van der Waals surface area contributed by atoms with Crippen LogP contribution in [0.25, 0.3) is 32.4 Å². The standard InChI is InChI=1S/C24H32N6S6/c1-7-31-13-14(32-8-2)20-25-19(13)28-21-15(33-9-3)16(34-10-4)23(26-21)30-24-18(36-12-6)17(35-11-5)22(27-24)29-20/h7-12H2,1-6H3,(H2,25,26,27,28,29,30). The Morgan fingerprint density at radius 2 is 0.722 bits per heavy atom. The van der Waals surface area contributed by atoms with Gasteiger partial charge in [-0.15, -0.1) is 70.6 Å². The van der Waals surface area contributed by atoms with E-state index in [-0.39, 0.29) is 0 Å². The molecule has 0 spiro atoms. The lowest BCUT2D eigenvalue weighted by Gasteiger charge is -2.04. The van der Waals surface area contributed by atoms with E-state index in [1.807, 2.05) is 47.0 Å². The first-order valence-electron chi connectivity index (χ1n) is 12.2. The van der Waals surface area contributed by atoms with E-state index in [1.54, 1.807) is 23.5 Å². The van der Waals surface area contributed by atoms with Gasteiger partial charge in [0, 0.05) is 0 Å². The fraction of sp³-hybridized carbons (Fsp3) is 0.500. The van der Waals surface area contributed by atoms with Gasteiger partial charge in [-0.1, -0.05) is 41.5 Å². The van der Waals surface area contributed by atoms with Crippen LogP contribution in [0.2, 0.25) is 0 Å². The predicted octanol–water partition coefficient (Wildman–Crippen LogP) is 8.45. The number of hydrogen-bond donors (Lipinski definition) is 2. The van der Waals surface area contributed by atoms with E-state index in [1.165, 1.54) is 0 Å². The number of rotatable bonds is 12. The molecule has 1 aliphatic heterocycles. The Balaban J connectivity index is 2.20. The summed E-state index contributed by atoms with van der Waals surface area (Å²) in [4.78, 5) is 34.5. The number of H-pyrrole nitrogens is 2. The quantitative estimate of drug-likeness (QED) is 0.199. The first-order chi connectivity index (χ1) is 17.6. The summed E-state index contributed by atoms with van der Waals surface area (Å²) in [6.07, 6.45) is 0. The third kappa shape index (κ3) is 5.83. The summed E-state index contributed by atoms with van der Waals surface area (Å²) in [5.74, 6) is 7.23. The highest BCUT2D eigenvalue weighted by Crippen LogP contribution is 2.44. The molecule has 2 N–H and O–H groups in total. The minimum atomic E-state index is 0.746. The zero-order valence-corrected chi connectivity index (χ0v) is 26.4. The van der Waals surface area contributed by atoms with E-state index in [4.69, 9.17) is 19.9 Å². The van der Waals surface area contributed by atoms with Crippen molar-refractivity contribution in [2.45, 2.75) is 61.1 Å². The predicted molar refractivity (Wildman–Crippen MR) is 168 cm³/mol. The number of nitrogens with one attached hydrogen (secondary N) is 2. The minimum absolute atomic E-state index is 0.746. The molecule has 4 rings (SSSR count). The van der Waals surface area contributed by atoms with Gasteiger partial charge in [0.2, 0.25) is 0 Å². The van der Waals surface area contributed by atoms with Crippen LogP contribution < -0.4 is 0 Å². The summed E-state index contributed by atoms with van der Waals surface area (Å²) in [6, 6.07) is 0. The summed E-state index contributed by atoms with van der Waals surface area (Å²) < 4.78 is 0. The molecular weight excluding hydrogens is 565 g/mol. The maximum absolute atomic E-state index is 5.17. The maximum atomic E-state index is 5.17. The Bertz CT molecular complexity index is 1230. The molecule has 36 heavy (non-hydrogen) atoms. The Morgan fingerprint density at radius 3 is 1.03 bits per heavy atom. The second-order valence-corrected chi connectivity index (χ2v) is 15.0. The lowest BCUT2D eigenvalue weighted by atomic mass is 10.5. The van der Waals surface area contributed by atoms with Crippen molar-refractivity contribution < 1.29 is 0 Å². The third-order valence-corrected chi connectivity index (χ3v) is 11.2. The molecule has 0 atom stereocenters. The van der Waals surface area contributed by atoms with Gasteiger partial charge in [0.05, 0.1) is 29.4 Å². The largest absolute Gasteiger partial charge is 0.323 e. The van der Waals surface area contributed by atoms with E-state index >= 15 is 0 Å². The van der Waals surface area contributed by atoms with Gasteiger partial charge in [0.15, 0.2) is 11.6 Å². The van der Waals surface area contributed by atoms with Gasteiger partial charge in [-0.05, 0) is 34.5 Å². The molecular formula is C24H32N6S6. The maximum Gasteiger partial charge on any atom is 0.171 e. The smallest absolute Gasteiger partial charge is 0.171 e. The van der Waals surface area contributed by atoms with Crippen LogP contribution in [0.15, 0.2) is 19.6 Å².